The van der Waals surface area contributed by atoms with Crippen LogP contribution in [0.4, 0.5) is 13.2 Å². The molecule has 2 atom stereocenters. The van der Waals surface area contributed by atoms with Crippen LogP contribution >= 0.6 is 0 Å². The second-order valence-corrected chi connectivity index (χ2v) is 11.4. The summed E-state index contributed by atoms with van der Waals surface area (Å²) in [6.45, 7) is 0.515. The van der Waals surface area contributed by atoms with Gasteiger partial charge in [-0.3, -0.25) is 4.79 Å². The van der Waals surface area contributed by atoms with Gasteiger partial charge in [0.2, 0.25) is 11.8 Å². The second-order valence-electron chi connectivity index (χ2n) is 11.4. The molecule has 0 saturated carbocycles. The third-order valence-corrected chi connectivity index (χ3v) is 8.36. The molecule has 1 fully saturated rings. The summed E-state index contributed by atoms with van der Waals surface area (Å²) in [5, 5.41) is 16.1. The maximum absolute atomic E-state index is 15.0. The van der Waals surface area contributed by atoms with E-state index in [2.05, 4.69) is 15.5 Å². The number of nitrogens with one attached hydrogen (secondary N) is 1. The van der Waals surface area contributed by atoms with E-state index in [1.165, 1.54) is 31.4 Å². The largest absolute Gasteiger partial charge is 0.465 e. The summed E-state index contributed by atoms with van der Waals surface area (Å²) in [5.41, 5.74) is 3.05. The number of esters is 1. The molecule has 2 aliphatic heterocycles. The van der Waals surface area contributed by atoms with Crippen LogP contribution in [-0.2, 0) is 15.9 Å². The van der Waals surface area contributed by atoms with Crippen molar-refractivity contribution in [1.29, 1.82) is 0 Å². The number of amides is 1. The van der Waals surface area contributed by atoms with Crippen molar-refractivity contribution in [3.63, 3.8) is 0 Å². The van der Waals surface area contributed by atoms with Gasteiger partial charge in [-0.15, -0.1) is 10.2 Å². The maximum Gasteiger partial charge on any atom is 0.337 e. The Morgan fingerprint density at radius 2 is 1.75 bits per heavy atom. The summed E-state index contributed by atoms with van der Waals surface area (Å²) in [7, 11) is 1.29. The number of carbonyl (C=O) groups is 2. The summed E-state index contributed by atoms with van der Waals surface area (Å²) < 4.78 is 61.1. The highest BCUT2D eigenvalue weighted by molar-refractivity contribution is 5.97. The first-order valence-electron chi connectivity index (χ1n) is 15.3. The Kier molecular flexibility index (Phi) is 8.36. The zero-order chi connectivity index (χ0) is 33.4. The molecule has 1 saturated heterocycles. The number of fused-ring (bicyclic) bond motifs is 1. The lowest BCUT2D eigenvalue weighted by Gasteiger charge is -2.26. The van der Waals surface area contributed by atoms with Gasteiger partial charge in [0.05, 0.1) is 30.1 Å². The van der Waals surface area contributed by atoms with Gasteiger partial charge in [0.1, 0.15) is 17.5 Å². The van der Waals surface area contributed by atoms with E-state index in [9.17, 15) is 18.4 Å². The SMILES string of the molecule is COC(=O)c1ccc(-c2c(C3Cc4c(F)cc(F)cc4C(=O)N3)nn(C3CCCCO3)c2/C=C/c2nnc(-c3ccc(F)cc3)o2)cc1. The number of hydrogen-bond acceptors (Lipinski definition) is 8. The van der Waals surface area contributed by atoms with E-state index in [0.29, 0.717) is 46.7 Å². The van der Waals surface area contributed by atoms with E-state index in [1.807, 2.05) is 0 Å². The molecule has 2 aromatic heterocycles. The molecule has 244 valence electrons. The zero-order valence-electron chi connectivity index (χ0n) is 25.6. The average molecular weight is 656 g/mol. The Labute approximate surface area is 272 Å². The summed E-state index contributed by atoms with van der Waals surface area (Å²) in [4.78, 5) is 25.4. The van der Waals surface area contributed by atoms with Crippen molar-refractivity contribution < 1.29 is 36.7 Å². The summed E-state index contributed by atoms with van der Waals surface area (Å²) in [5.74, 6) is -2.86. The van der Waals surface area contributed by atoms with E-state index in [0.717, 1.165) is 25.0 Å². The zero-order valence-corrected chi connectivity index (χ0v) is 25.6. The maximum atomic E-state index is 15.0. The number of carbonyl (C=O) groups excluding carboxylic acids is 2. The minimum Gasteiger partial charge on any atom is -0.465 e. The molecule has 48 heavy (non-hydrogen) atoms. The van der Waals surface area contributed by atoms with Crippen LogP contribution in [-0.4, -0.2) is 45.6 Å². The summed E-state index contributed by atoms with van der Waals surface area (Å²) in [6.07, 6.45) is 5.31. The highest BCUT2D eigenvalue weighted by atomic mass is 19.1. The molecule has 0 bridgehead atoms. The third-order valence-electron chi connectivity index (χ3n) is 8.36. The van der Waals surface area contributed by atoms with Crippen LogP contribution in [0.2, 0.25) is 0 Å². The minimum atomic E-state index is -0.846. The third kappa shape index (κ3) is 5.99. The van der Waals surface area contributed by atoms with E-state index in [1.54, 1.807) is 41.1 Å². The van der Waals surface area contributed by atoms with Gasteiger partial charge in [-0.05, 0) is 73.4 Å². The van der Waals surface area contributed by atoms with Gasteiger partial charge in [0, 0.05) is 47.4 Å². The van der Waals surface area contributed by atoms with Crippen LogP contribution in [0.1, 0.15) is 75.1 Å². The van der Waals surface area contributed by atoms with E-state index in [-0.39, 0.29) is 29.3 Å². The first-order chi connectivity index (χ1) is 23.3. The predicted molar refractivity (Wildman–Crippen MR) is 167 cm³/mol. The van der Waals surface area contributed by atoms with Crippen LogP contribution in [0.15, 0.2) is 65.1 Å². The molecule has 3 aromatic carbocycles. The van der Waals surface area contributed by atoms with Gasteiger partial charge in [0.25, 0.3) is 5.91 Å². The van der Waals surface area contributed by atoms with Gasteiger partial charge in [0.15, 0.2) is 6.23 Å². The number of aromatic nitrogens is 4. The van der Waals surface area contributed by atoms with Crippen LogP contribution in [0, 0.1) is 17.5 Å². The number of methoxy groups -OCH3 is 1. The fourth-order valence-electron chi connectivity index (χ4n) is 6.02. The fraction of sp³-hybridized carbons (Fsp3) is 0.229. The molecule has 7 rings (SSSR count). The fourth-order valence-corrected chi connectivity index (χ4v) is 6.02. The lowest BCUT2D eigenvalue weighted by Crippen LogP contribution is -2.36. The summed E-state index contributed by atoms with van der Waals surface area (Å²) >= 11 is 0. The topological polar surface area (TPSA) is 121 Å². The van der Waals surface area contributed by atoms with Crippen LogP contribution in [0.5, 0.6) is 0 Å². The Morgan fingerprint density at radius 3 is 2.48 bits per heavy atom. The lowest BCUT2D eigenvalue weighted by molar-refractivity contribution is -0.0400. The van der Waals surface area contributed by atoms with E-state index >= 15 is 4.39 Å². The molecule has 0 spiro atoms. The molecular formula is C35H28F3N5O5. The molecule has 5 aromatic rings. The van der Waals surface area contributed by atoms with Crippen LogP contribution in [0.25, 0.3) is 34.7 Å². The summed E-state index contributed by atoms with van der Waals surface area (Å²) in [6, 6.07) is 13.3. The normalized spacial score (nSPS) is 17.7. The minimum absolute atomic E-state index is 0.0107. The Balaban J connectivity index is 1.36. The Morgan fingerprint density at radius 1 is 0.979 bits per heavy atom. The van der Waals surface area contributed by atoms with Gasteiger partial charge in [-0.1, -0.05) is 12.1 Å². The number of ether oxygens (including phenoxy) is 2. The monoisotopic (exact) mass is 655 g/mol. The number of hydrogen-bond donors (Lipinski definition) is 1. The van der Waals surface area contributed by atoms with Crippen molar-refractivity contribution in [1.82, 2.24) is 25.3 Å². The molecule has 2 aliphatic rings. The molecule has 1 amide bonds. The Bertz CT molecular complexity index is 2030. The van der Waals surface area contributed by atoms with E-state index in [4.69, 9.17) is 19.0 Å². The van der Waals surface area contributed by atoms with Gasteiger partial charge in [-0.2, -0.15) is 5.10 Å². The van der Waals surface area contributed by atoms with Crippen molar-refractivity contribution in [2.75, 3.05) is 13.7 Å². The van der Waals surface area contributed by atoms with Crippen LogP contribution < -0.4 is 5.32 Å². The number of halogens is 3. The number of rotatable bonds is 7. The van der Waals surface area contributed by atoms with Crippen molar-refractivity contribution >= 4 is 24.0 Å². The number of nitrogens with zero attached hydrogens (tertiary/aromatic N) is 4. The van der Waals surface area contributed by atoms with Crippen molar-refractivity contribution in [2.24, 2.45) is 0 Å². The van der Waals surface area contributed by atoms with Crippen LogP contribution in [0.3, 0.4) is 0 Å². The first-order valence-corrected chi connectivity index (χ1v) is 15.3. The van der Waals surface area contributed by atoms with Gasteiger partial charge >= 0.3 is 5.97 Å². The molecule has 13 heteroatoms. The smallest absolute Gasteiger partial charge is 0.337 e. The standard InChI is InChI=1S/C35H28F3N5O5/c1-46-35(45)21-7-5-19(6-8-21)31-28(13-14-29-40-41-34(48-29)20-9-11-22(36)12-10-20)43(30-4-2-3-15-47-30)42-32(31)27-18-24-25(33(44)39-27)16-23(37)17-26(24)38/h5-14,16-17,27,30H,2-4,15,18H2,1H3,(H,39,44)/b14-13+. The molecule has 10 nitrogen and oxygen atoms in total. The number of benzene rings is 3. The molecular weight excluding hydrogens is 627 g/mol. The lowest BCUT2D eigenvalue weighted by atomic mass is 9.89. The molecule has 0 aliphatic carbocycles. The second kappa shape index (κ2) is 12.9. The van der Waals surface area contributed by atoms with Crippen molar-refractivity contribution in [2.45, 2.75) is 38.0 Å². The van der Waals surface area contributed by atoms with Crippen molar-refractivity contribution in [3.05, 3.63) is 112 Å². The quantitative estimate of drug-likeness (QED) is 0.192. The highest BCUT2D eigenvalue weighted by Crippen LogP contribution is 2.39. The first kappa shape index (κ1) is 31.1. The Hall–Kier alpha value is -5.56. The highest BCUT2D eigenvalue weighted by Gasteiger charge is 2.34. The molecule has 2 unspecified atom stereocenters. The molecule has 0 radical (unpaired) electrons. The average Bonchev–Trinajstić information content (AvgIpc) is 3.73. The van der Waals surface area contributed by atoms with E-state index < -0.39 is 41.6 Å². The van der Waals surface area contributed by atoms with Crippen molar-refractivity contribution in [3.8, 4) is 22.6 Å². The van der Waals surface area contributed by atoms with Gasteiger partial charge in [-0.25, -0.2) is 22.6 Å². The molecule has 4 heterocycles. The predicted octanol–water partition coefficient (Wildman–Crippen LogP) is 6.70. The molecule has 1 N–H and O–H groups in total. The van der Waals surface area contributed by atoms with Gasteiger partial charge < -0.3 is 19.2 Å².